The highest BCUT2D eigenvalue weighted by Crippen LogP contribution is 2.21. The molecule has 35 heavy (non-hydrogen) atoms. The average molecular weight is 608 g/mol. The van der Waals surface area contributed by atoms with Crippen molar-refractivity contribution >= 4 is 33.2 Å². The maximum Gasteiger partial charge on any atom is 0.214 e. The molecule has 4 N–H and O–H groups in total. The minimum absolute atomic E-state index is 0. The van der Waals surface area contributed by atoms with Gasteiger partial charge in [-0.25, -0.2) is 0 Å². The van der Waals surface area contributed by atoms with Crippen molar-refractivity contribution in [2.24, 2.45) is 0 Å². The predicted molar refractivity (Wildman–Crippen MR) is 131 cm³/mol. The van der Waals surface area contributed by atoms with Crippen molar-refractivity contribution in [1.29, 1.82) is 0 Å². The molecule has 0 saturated heterocycles. The van der Waals surface area contributed by atoms with Crippen LogP contribution in [0.15, 0.2) is 73.1 Å². The van der Waals surface area contributed by atoms with E-state index in [1.54, 1.807) is 0 Å². The van der Waals surface area contributed by atoms with E-state index in [4.69, 9.17) is 9.47 Å². The Hall–Kier alpha value is -2.30. The zero-order valence-corrected chi connectivity index (χ0v) is 22.7. The number of pyridine rings is 2. The number of nitrogens with zero attached hydrogens (tertiary/aromatic N) is 2. The van der Waals surface area contributed by atoms with Crippen molar-refractivity contribution in [3.8, 4) is 0 Å². The molecule has 2 aromatic heterocycles. The molecule has 4 heterocycles. The molecule has 2 aliphatic heterocycles. The molecule has 2 aromatic carbocycles. The van der Waals surface area contributed by atoms with Crippen LogP contribution in [-0.4, -0.2) is 45.0 Å². The zero-order valence-electron chi connectivity index (χ0n) is 19.6. The molecule has 0 aliphatic carbocycles. The Balaban J connectivity index is 0.00000144. The Bertz CT molecular complexity index is 1130. The highest BCUT2D eigenvalue weighted by molar-refractivity contribution is 5.89. The molecule has 7 nitrogen and oxygen atoms in total. The van der Waals surface area contributed by atoms with Gasteiger partial charge in [-0.1, -0.05) is 24.3 Å². The normalized spacial score (nSPS) is 14.6. The summed E-state index contributed by atoms with van der Waals surface area (Å²) in [7, 11) is 0. The number of hydrogen-bond donors (Lipinski definition) is 2. The maximum absolute atomic E-state index is 6.03. The van der Waals surface area contributed by atoms with Crippen molar-refractivity contribution in [2.75, 3.05) is 50.2 Å². The summed E-state index contributed by atoms with van der Waals surface area (Å²) in [4.78, 5) is 0. The molecule has 6 rings (SSSR count). The van der Waals surface area contributed by atoms with Gasteiger partial charge < -0.3 is 59.5 Å². The minimum atomic E-state index is 0. The first-order valence-corrected chi connectivity index (χ1v) is 11.4. The van der Waals surface area contributed by atoms with Gasteiger partial charge in [0.05, 0.1) is 35.4 Å². The number of hydrogen-bond acceptors (Lipinski definition) is 4. The molecule has 0 atom stereocenters. The highest BCUT2D eigenvalue weighted by Gasteiger charge is 2.14. The first-order chi connectivity index (χ1) is 15.9. The summed E-state index contributed by atoms with van der Waals surface area (Å²) in [5, 5.41) is 9.49. The standard InChI is InChI=1S/C26H28N4O2.2BrH.H2O/c1-3-7-25-21(5-1)23-9-13-29(25)15-19-32-20-16-30-14-10-24(22-6-2-4-8-26(22)30)28-12-18-31-17-11-27-23;;;/h1-10,13-14H,11-12,15-20H2;2*1H;1H2. The topological polar surface area (TPSA) is 81.8 Å². The van der Waals surface area contributed by atoms with Gasteiger partial charge in [-0.15, -0.1) is 0 Å². The van der Waals surface area contributed by atoms with E-state index in [1.165, 1.54) is 21.8 Å². The van der Waals surface area contributed by atoms with Crippen LogP contribution in [0.4, 0.5) is 11.4 Å². The third-order valence-corrected chi connectivity index (χ3v) is 5.93. The lowest BCUT2D eigenvalue weighted by molar-refractivity contribution is -0.680. The number of anilines is 2. The molecule has 0 unspecified atom stereocenters. The van der Waals surface area contributed by atoms with E-state index in [-0.39, 0.29) is 39.4 Å². The van der Waals surface area contributed by atoms with Crippen LogP contribution >= 0.6 is 0 Å². The smallest absolute Gasteiger partial charge is 0.214 e. The van der Waals surface area contributed by atoms with E-state index in [9.17, 15) is 0 Å². The van der Waals surface area contributed by atoms with E-state index >= 15 is 0 Å². The summed E-state index contributed by atoms with van der Waals surface area (Å²) in [5.74, 6) is 0. The molecule has 188 valence electrons. The SMILES string of the molecule is O.[Br-].[Br-].c1ccc2c(c1)c1cc[n+]2CCOCC[n+]2ccc(c3ccccc32)NCCOCCN1. The molecule has 0 amide bonds. The van der Waals surface area contributed by atoms with Gasteiger partial charge in [0.15, 0.2) is 25.5 Å². The molecule has 0 spiro atoms. The van der Waals surface area contributed by atoms with Gasteiger partial charge in [-0.3, -0.25) is 0 Å². The van der Waals surface area contributed by atoms with Crippen molar-refractivity contribution in [3.05, 3.63) is 73.1 Å². The number of benzene rings is 2. The van der Waals surface area contributed by atoms with E-state index in [1.807, 2.05) is 0 Å². The largest absolute Gasteiger partial charge is 1.00 e. The fraction of sp³-hybridized carbons (Fsp3) is 0.308. The van der Waals surface area contributed by atoms with Gasteiger partial charge in [0.25, 0.3) is 0 Å². The second kappa shape index (κ2) is 14.3. The average Bonchev–Trinajstić information content (AvgIpc) is 2.84. The Labute approximate surface area is 226 Å². The van der Waals surface area contributed by atoms with Crippen LogP contribution in [0, 0.1) is 0 Å². The van der Waals surface area contributed by atoms with Crippen molar-refractivity contribution in [1.82, 2.24) is 0 Å². The molecule has 0 radical (unpaired) electrons. The lowest BCUT2D eigenvalue weighted by atomic mass is 10.1. The fourth-order valence-corrected chi connectivity index (χ4v) is 4.32. The predicted octanol–water partition coefficient (Wildman–Crippen LogP) is -3.68. The summed E-state index contributed by atoms with van der Waals surface area (Å²) >= 11 is 0. The van der Waals surface area contributed by atoms with Crippen molar-refractivity contribution in [3.63, 3.8) is 0 Å². The summed E-state index contributed by atoms with van der Waals surface area (Å²) in [6.45, 7) is 5.84. The Morgan fingerprint density at radius 1 is 0.571 bits per heavy atom. The summed E-state index contributed by atoms with van der Waals surface area (Å²) in [6.07, 6.45) is 4.27. The molecule has 0 saturated carbocycles. The van der Waals surface area contributed by atoms with Crippen LogP contribution in [0.1, 0.15) is 0 Å². The highest BCUT2D eigenvalue weighted by atomic mass is 79.9. The number of para-hydroxylation sites is 2. The third-order valence-electron chi connectivity index (χ3n) is 5.93. The molecule has 9 heteroatoms. The first kappa shape index (κ1) is 28.9. The van der Waals surface area contributed by atoms with E-state index in [2.05, 4.69) is 92.8 Å². The van der Waals surface area contributed by atoms with Gasteiger partial charge in [0, 0.05) is 37.4 Å². The van der Waals surface area contributed by atoms with Crippen molar-refractivity contribution < 1.29 is 58.0 Å². The third kappa shape index (κ3) is 6.89. The van der Waals surface area contributed by atoms with Crippen LogP contribution in [0.3, 0.4) is 0 Å². The second-order valence-corrected chi connectivity index (χ2v) is 7.96. The first-order valence-electron chi connectivity index (χ1n) is 11.4. The van der Waals surface area contributed by atoms with E-state index in [0.717, 1.165) is 37.6 Å². The van der Waals surface area contributed by atoms with Crippen LogP contribution in [0.25, 0.3) is 21.8 Å². The zero-order chi connectivity index (χ0) is 21.6. The molecule has 4 aromatic rings. The van der Waals surface area contributed by atoms with Crippen molar-refractivity contribution in [2.45, 2.75) is 13.1 Å². The number of fused-ring (bicyclic) bond motifs is 12. The van der Waals surface area contributed by atoms with E-state index < -0.39 is 0 Å². The number of ether oxygens (including phenoxy) is 2. The quantitative estimate of drug-likeness (QED) is 0.159. The lowest BCUT2D eigenvalue weighted by Crippen LogP contribution is -3.00. The maximum atomic E-state index is 6.03. The van der Waals surface area contributed by atoms with E-state index in [0.29, 0.717) is 26.4 Å². The second-order valence-electron chi connectivity index (χ2n) is 7.96. The number of aromatic nitrogens is 2. The Morgan fingerprint density at radius 2 is 1.00 bits per heavy atom. The van der Waals surface area contributed by atoms with Crippen LogP contribution in [0.2, 0.25) is 0 Å². The number of halogens is 2. The summed E-state index contributed by atoms with van der Waals surface area (Å²) in [5.41, 5.74) is 4.68. The lowest BCUT2D eigenvalue weighted by Gasteiger charge is -2.12. The van der Waals surface area contributed by atoms with Gasteiger partial charge in [0.2, 0.25) is 11.0 Å². The Morgan fingerprint density at radius 3 is 1.49 bits per heavy atom. The monoisotopic (exact) mass is 606 g/mol. The minimum Gasteiger partial charge on any atom is -1.00 e. The van der Waals surface area contributed by atoms with Gasteiger partial charge in [-0.2, -0.15) is 9.13 Å². The summed E-state index contributed by atoms with van der Waals surface area (Å²) in [6, 6.07) is 21.3. The Kier molecular flexibility index (Phi) is 11.8. The van der Waals surface area contributed by atoms with Gasteiger partial charge in [-0.05, 0) is 12.1 Å². The van der Waals surface area contributed by atoms with Gasteiger partial charge in [0.1, 0.15) is 13.2 Å². The van der Waals surface area contributed by atoms with Crippen LogP contribution < -0.4 is 53.7 Å². The van der Waals surface area contributed by atoms with Gasteiger partial charge >= 0.3 is 0 Å². The molecule has 4 bridgehead atoms. The molecule has 0 fully saturated rings. The summed E-state index contributed by atoms with van der Waals surface area (Å²) < 4.78 is 16.4. The van der Waals surface area contributed by atoms with Crippen LogP contribution in [0.5, 0.6) is 0 Å². The number of nitrogens with one attached hydrogen (secondary N) is 2. The van der Waals surface area contributed by atoms with Crippen LogP contribution in [-0.2, 0) is 22.6 Å². The molecular formula is C26H32Br2N4O3. The molecular weight excluding hydrogens is 576 g/mol. The molecule has 2 aliphatic rings. The number of rotatable bonds is 0. The fourth-order valence-electron chi connectivity index (χ4n) is 4.32.